The number of hydrogen-bond acceptors (Lipinski definition) is 3. The van der Waals surface area contributed by atoms with Crippen molar-refractivity contribution in [1.29, 1.82) is 0 Å². The van der Waals surface area contributed by atoms with E-state index in [-0.39, 0.29) is 11.9 Å². The SMILES string of the molecule is CNCC1CCCN(C(=O)C2CCN(C(=O)N(C)Cc3ccccc3)CC2)C1. The van der Waals surface area contributed by atoms with Crippen molar-refractivity contribution >= 4 is 11.9 Å². The third-order valence-corrected chi connectivity index (χ3v) is 6.03. The lowest BCUT2D eigenvalue weighted by Gasteiger charge is -2.38. The van der Waals surface area contributed by atoms with Gasteiger partial charge in [-0.1, -0.05) is 30.3 Å². The summed E-state index contributed by atoms with van der Waals surface area (Å²) in [6.07, 6.45) is 3.85. The molecule has 2 saturated heterocycles. The van der Waals surface area contributed by atoms with Crippen LogP contribution >= 0.6 is 0 Å². The minimum Gasteiger partial charge on any atom is -0.342 e. The lowest BCUT2D eigenvalue weighted by Crippen LogP contribution is -2.49. The van der Waals surface area contributed by atoms with Crippen molar-refractivity contribution in [2.24, 2.45) is 11.8 Å². The second kappa shape index (κ2) is 9.92. The predicted octanol–water partition coefficient (Wildman–Crippen LogP) is 2.41. The highest BCUT2D eigenvalue weighted by molar-refractivity contribution is 5.80. The molecule has 3 amide bonds. The van der Waals surface area contributed by atoms with Crippen LogP contribution in [0.2, 0.25) is 0 Å². The van der Waals surface area contributed by atoms with Crippen molar-refractivity contribution in [2.45, 2.75) is 32.2 Å². The first-order valence-electron chi connectivity index (χ1n) is 10.6. The van der Waals surface area contributed by atoms with E-state index in [0.717, 1.165) is 44.5 Å². The Labute approximate surface area is 168 Å². The Bertz CT molecular complexity index is 641. The molecule has 3 rings (SSSR count). The maximum Gasteiger partial charge on any atom is 0.320 e. The monoisotopic (exact) mass is 386 g/mol. The number of amides is 3. The van der Waals surface area contributed by atoms with Gasteiger partial charge in [0.05, 0.1) is 0 Å². The van der Waals surface area contributed by atoms with Crippen LogP contribution in [0, 0.1) is 11.8 Å². The van der Waals surface area contributed by atoms with Crippen LogP contribution in [0.4, 0.5) is 4.79 Å². The van der Waals surface area contributed by atoms with Crippen LogP contribution in [0.3, 0.4) is 0 Å². The summed E-state index contributed by atoms with van der Waals surface area (Å²) < 4.78 is 0. The van der Waals surface area contributed by atoms with E-state index in [4.69, 9.17) is 0 Å². The van der Waals surface area contributed by atoms with E-state index in [1.54, 1.807) is 4.90 Å². The van der Waals surface area contributed by atoms with E-state index < -0.39 is 0 Å². The second-order valence-electron chi connectivity index (χ2n) is 8.24. The Morgan fingerprint density at radius 2 is 1.79 bits per heavy atom. The summed E-state index contributed by atoms with van der Waals surface area (Å²) in [5, 5.41) is 3.24. The van der Waals surface area contributed by atoms with Gasteiger partial charge in [-0.05, 0) is 50.8 Å². The molecule has 0 bridgehead atoms. The smallest absolute Gasteiger partial charge is 0.320 e. The standard InChI is InChI=1S/C22H34N4O2/c1-23-15-19-9-6-12-26(17-19)21(27)20-10-13-25(14-11-20)22(28)24(2)16-18-7-4-3-5-8-18/h3-5,7-8,19-20,23H,6,9-17H2,1-2H3. The molecule has 6 nitrogen and oxygen atoms in total. The normalized spacial score (nSPS) is 20.9. The van der Waals surface area contributed by atoms with Gasteiger partial charge in [-0.15, -0.1) is 0 Å². The molecule has 0 radical (unpaired) electrons. The second-order valence-corrected chi connectivity index (χ2v) is 8.24. The van der Waals surface area contributed by atoms with Crippen LogP contribution in [0.15, 0.2) is 30.3 Å². The highest BCUT2D eigenvalue weighted by atomic mass is 16.2. The number of likely N-dealkylation sites (tertiary alicyclic amines) is 2. The van der Waals surface area contributed by atoms with Crippen molar-refractivity contribution in [2.75, 3.05) is 46.8 Å². The number of nitrogens with one attached hydrogen (secondary N) is 1. The summed E-state index contributed by atoms with van der Waals surface area (Å²) in [7, 11) is 3.82. The van der Waals surface area contributed by atoms with Crippen LogP contribution in [0.1, 0.15) is 31.2 Å². The van der Waals surface area contributed by atoms with E-state index in [1.165, 1.54) is 6.42 Å². The number of hydrogen-bond donors (Lipinski definition) is 1. The Kier molecular flexibility index (Phi) is 7.31. The molecule has 2 aliphatic heterocycles. The zero-order valence-electron chi connectivity index (χ0n) is 17.3. The number of nitrogens with zero attached hydrogens (tertiary/aromatic N) is 3. The summed E-state index contributed by atoms with van der Waals surface area (Å²) in [5.74, 6) is 0.929. The van der Waals surface area contributed by atoms with Gasteiger partial charge in [-0.2, -0.15) is 0 Å². The first kappa shape index (κ1) is 20.6. The zero-order valence-corrected chi connectivity index (χ0v) is 17.3. The van der Waals surface area contributed by atoms with Crippen molar-refractivity contribution in [3.05, 3.63) is 35.9 Å². The molecule has 28 heavy (non-hydrogen) atoms. The van der Waals surface area contributed by atoms with Crippen LogP contribution in [0.25, 0.3) is 0 Å². The highest BCUT2D eigenvalue weighted by Crippen LogP contribution is 2.24. The van der Waals surface area contributed by atoms with Gasteiger partial charge < -0.3 is 20.0 Å². The summed E-state index contributed by atoms with van der Waals surface area (Å²) in [6, 6.07) is 10.1. The zero-order chi connectivity index (χ0) is 19.9. The molecule has 0 aromatic heterocycles. The minimum atomic E-state index is 0.0572. The van der Waals surface area contributed by atoms with Crippen LogP contribution in [-0.2, 0) is 11.3 Å². The summed E-state index contributed by atoms with van der Waals surface area (Å²) in [4.78, 5) is 31.4. The molecule has 1 unspecified atom stereocenters. The number of benzene rings is 1. The largest absolute Gasteiger partial charge is 0.342 e. The molecular formula is C22H34N4O2. The molecule has 2 fully saturated rings. The molecule has 154 valence electrons. The van der Waals surface area contributed by atoms with Crippen molar-refractivity contribution in [3.8, 4) is 0 Å². The Balaban J connectivity index is 1.47. The molecular weight excluding hydrogens is 352 g/mol. The fraction of sp³-hybridized carbons (Fsp3) is 0.636. The van der Waals surface area contributed by atoms with Gasteiger partial charge in [0.25, 0.3) is 0 Å². The van der Waals surface area contributed by atoms with Gasteiger partial charge in [-0.25, -0.2) is 4.79 Å². The quantitative estimate of drug-likeness (QED) is 0.846. The van der Waals surface area contributed by atoms with Crippen LogP contribution in [0.5, 0.6) is 0 Å². The van der Waals surface area contributed by atoms with Gasteiger partial charge in [0.1, 0.15) is 0 Å². The van der Waals surface area contributed by atoms with Gasteiger partial charge in [0.15, 0.2) is 0 Å². The fourth-order valence-corrected chi connectivity index (χ4v) is 4.46. The van der Waals surface area contributed by atoms with Crippen LogP contribution in [-0.4, -0.2) is 73.5 Å². The van der Waals surface area contributed by atoms with E-state index in [2.05, 4.69) is 10.2 Å². The Morgan fingerprint density at radius 3 is 2.46 bits per heavy atom. The number of carbonyl (C=O) groups excluding carboxylic acids is 2. The summed E-state index contributed by atoms with van der Waals surface area (Å²) in [6.45, 7) is 4.69. The van der Waals surface area contributed by atoms with Gasteiger partial charge in [0.2, 0.25) is 5.91 Å². The molecule has 6 heteroatoms. The van der Waals surface area contributed by atoms with E-state index in [0.29, 0.717) is 31.5 Å². The molecule has 0 aliphatic carbocycles. The Morgan fingerprint density at radius 1 is 1.07 bits per heavy atom. The van der Waals surface area contributed by atoms with Crippen LogP contribution < -0.4 is 5.32 Å². The average molecular weight is 387 g/mol. The summed E-state index contributed by atoms with van der Waals surface area (Å²) >= 11 is 0. The lowest BCUT2D eigenvalue weighted by atomic mass is 9.92. The van der Waals surface area contributed by atoms with Gasteiger partial charge in [-0.3, -0.25) is 4.79 Å². The first-order chi connectivity index (χ1) is 13.6. The van der Waals surface area contributed by atoms with E-state index in [1.807, 2.05) is 49.3 Å². The Hall–Kier alpha value is -2.08. The molecule has 1 atom stereocenters. The predicted molar refractivity (Wildman–Crippen MR) is 111 cm³/mol. The number of rotatable bonds is 5. The maximum atomic E-state index is 12.9. The molecule has 0 saturated carbocycles. The van der Waals surface area contributed by atoms with Gasteiger partial charge >= 0.3 is 6.03 Å². The number of carbonyl (C=O) groups is 2. The fourth-order valence-electron chi connectivity index (χ4n) is 4.46. The van der Waals surface area contributed by atoms with Crippen molar-refractivity contribution in [1.82, 2.24) is 20.0 Å². The van der Waals surface area contributed by atoms with Crippen molar-refractivity contribution in [3.63, 3.8) is 0 Å². The molecule has 2 heterocycles. The third kappa shape index (κ3) is 5.25. The number of urea groups is 1. The van der Waals surface area contributed by atoms with Crippen molar-refractivity contribution < 1.29 is 9.59 Å². The van der Waals surface area contributed by atoms with Gasteiger partial charge in [0, 0.05) is 45.7 Å². The minimum absolute atomic E-state index is 0.0572. The number of piperidine rings is 2. The lowest BCUT2D eigenvalue weighted by molar-refractivity contribution is -0.138. The molecule has 1 N–H and O–H groups in total. The molecule has 1 aromatic carbocycles. The van der Waals surface area contributed by atoms with E-state index in [9.17, 15) is 9.59 Å². The third-order valence-electron chi connectivity index (χ3n) is 6.03. The molecule has 1 aromatic rings. The first-order valence-corrected chi connectivity index (χ1v) is 10.6. The summed E-state index contributed by atoms with van der Waals surface area (Å²) in [5.41, 5.74) is 1.13. The van der Waals surface area contributed by atoms with E-state index >= 15 is 0 Å². The molecule has 0 spiro atoms. The molecule has 2 aliphatic rings. The topological polar surface area (TPSA) is 55.9 Å². The maximum absolute atomic E-state index is 12.9. The average Bonchev–Trinajstić information content (AvgIpc) is 2.74. The highest BCUT2D eigenvalue weighted by Gasteiger charge is 2.33.